The Morgan fingerprint density at radius 1 is 1.09 bits per heavy atom. The highest BCUT2D eigenvalue weighted by molar-refractivity contribution is 6.14. The van der Waals surface area contributed by atoms with Crippen molar-refractivity contribution in [3.05, 3.63) is 41.0 Å². The number of carbonyl (C=O) groups is 1. The molecule has 5 nitrogen and oxygen atoms in total. The molecule has 1 aromatic carbocycles. The second-order valence-electron chi connectivity index (χ2n) is 5.42. The Morgan fingerprint density at radius 2 is 1.78 bits per heavy atom. The standard InChI is InChI=1S/C18H22N2O3/c1-20(2)19-10-9-14-6-7-15(18(14)21)11-13-5-8-16(22-3)17(12-13)23-4/h5,8-12H,6-7H2,1-4H3/b14-9+,15-11-,19-10+. The molecule has 1 aromatic rings. The highest BCUT2D eigenvalue weighted by atomic mass is 16.5. The van der Waals surface area contributed by atoms with Crippen molar-refractivity contribution in [2.24, 2.45) is 5.10 Å². The van der Waals surface area contributed by atoms with Crippen molar-refractivity contribution in [2.75, 3.05) is 28.3 Å². The minimum Gasteiger partial charge on any atom is -0.493 e. The second-order valence-corrected chi connectivity index (χ2v) is 5.42. The van der Waals surface area contributed by atoms with Crippen LogP contribution in [0.1, 0.15) is 18.4 Å². The normalized spacial score (nSPS) is 18.2. The SMILES string of the molecule is COc1ccc(/C=C2/CC/C(=C\C=N\N(C)C)C2=O)cc1OC. The summed E-state index contributed by atoms with van der Waals surface area (Å²) in [5, 5.41) is 5.79. The first-order chi connectivity index (χ1) is 11.0. The van der Waals surface area contributed by atoms with Crippen molar-refractivity contribution in [1.29, 1.82) is 0 Å². The highest BCUT2D eigenvalue weighted by Crippen LogP contribution is 2.31. The summed E-state index contributed by atoms with van der Waals surface area (Å²) in [5.41, 5.74) is 2.53. The van der Waals surface area contributed by atoms with Crippen molar-refractivity contribution in [1.82, 2.24) is 5.01 Å². The molecule has 23 heavy (non-hydrogen) atoms. The third-order valence-electron chi connectivity index (χ3n) is 3.57. The number of ether oxygens (including phenoxy) is 2. The summed E-state index contributed by atoms with van der Waals surface area (Å²) in [7, 11) is 6.88. The van der Waals surface area contributed by atoms with Crippen LogP contribution in [0.3, 0.4) is 0 Å². The van der Waals surface area contributed by atoms with Gasteiger partial charge < -0.3 is 14.5 Å². The van der Waals surface area contributed by atoms with E-state index in [4.69, 9.17) is 9.47 Å². The Morgan fingerprint density at radius 3 is 2.43 bits per heavy atom. The molecule has 0 radical (unpaired) electrons. The van der Waals surface area contributed by atoms with E-state index in [-0.39, 0.29) is 5.78 Å². The first-order valence-electron chi connectivity index (χ1n) is 7.43. The van der Waals surface area contributed by atoms with Gasteiger partial charge in [0.25, 0.3) is 0 Å². The van der Waals surface area contributed by atoms with Crippen LogP contribution in [-0.2, 0) is 4.79 Å². The summed E-state index contributed by atoms with van der Waals surface area (Å²) in [6.45, 7) is 0. The summed E-state index contributed by atoms with van der Waals surface area (Å²) in [5.74, 6) is 1.42. The van der Waals surface area contributed by atoms with Crippen LogP contribution in [-0.4, -0.2) is 45.3 Å². The van der Waals surface area contributed by atoms with E-state index >= 15 is 0 Å². The zero-order valence-corrected chi connectivity index (χ0v) is 14.0. The van der Waals surface area contributed by atoms with Crippen LogP contribution in [0.5, 0.6) is 11.5 Å². The predicted octanol–water partition coefficient (Wildman–Crippen LogP) is 2.92. The number of carbonyl (C=O) groups excluding carboxylic acids is 1. The van der Waals surface area contributed by atoms with Crippen LogP contribution >= 0.6 is 0 Å². The van der Waals surface area contributed by atoms with Gasteiger partial charge in [-0.1, -0.05) is 6.07 Å². The van der Waals surface area contributed by atoms with E-state index < -0.39 is 0 Å². The molecule has 1 aliphatic rings. The lowest BCUT2D eigenvalue weighted by atomic mass is 10.1. The Hall–Kier alpha value is -2.56. The van der Waals surface area contributed by atoms with Gasteiger partial charge in [-0.3, -0.25) is 4.79 Å². The van der Waals surface area contributed by atoms with Crippen LogP contribution in [0.15, 0.2) is 40.5 Å². The third kappa shape index (κ3) is 4.22. The minimum atomic E-state index is 0.0880. The molecule has 2 rings (SSSR count). The monoisotopic (exact) mass is 314 g/mol. The Kier molecular flexibility index (Phi) is 5.57. The van der Waals surface area contributed by atoms with Gasteiger partial charge in [0.05, 0.1) is 14.2 Å². The number of allylic oxidation sites excluding steroid dienone is 3. The largest absolute Gasteiger partial charge is 0.493 e. The molecule has 0 amide bonds. The lowest BCUT2D eigenvalue weighted by molar-refractivity contribution is -0.111. The van der Waals surface area contributed by atoms with Crippen LogP contribution in [0.25, 0.3) is 6.08 Å². The van der Waals surface area contributed by atoms with Crippen molar-refractivity contribution in [2.45, 2.75) is 12.8 Å². The smallest absolute Gasteiger partial charge is 0.185 e. The molecule has 0 atom stereocenters. The summed E-state index contributed by atoms with van der Waals surface area (Å²) < 4.78 is 10.5. The molecule has 0 bridgehead atoms. The zero-order valence-electron chi connectivity index (χ0n) is 14.0. The fourth-order valence-corrected chi connectivity index (χ4v) is 2.40. The molecular formula is C18H22N2O3. The lowest BCUT2D eigenvalue weighted by Gasteiger charge is -2.08. The van der Waals surface area contributed by atoms with E-state index in [2.05, 4.69) is 5.10 Å². The van der Waals surface area contributed by atoms with E-state index in [0.29, 0.717) is 11.5 Å². The van der Waals surface area contributed by atoms with Crippen LogP contribution in [0.4, 0.5) is 0 Å². The number of ketones is 1. The van der Waals surface area contributed by atoms with Gasteiger partial charge in [0.2, 0.25) is 0 Å². The molecule has 0 N–H and O–H groups in total. The van der Waals surface area contributed by atoms with Gasteiger partial charge in [-0.25, -0.2) is 0 Å². The second kappa shape index (κ2) is 7.63. The van der Waals surface area contributed by atoms with E-state index in [1.54, 1.807) is 31.5 Å². The molecular weight excluding hydrogens is 292 g/mol. The predicted molar refractivity (Wildman–Crippen MR) is 92.0 cm³/mol. The number of rotatable bonds is 5. The third-order valence-corrected chi connectivity index (χ3v) is 3.57. The van der Waals surface area contributed by atoms with Crippen molar-refractivity contribution < 1.29 is 14.3 Å². The summed E-state index contributed by atoms with van der Waals surface area (Å²) >= 11 is 0. The molecule has 0 spiro atoms. The molecule has 122 valence electrons. The van der Waals surface area contributed by atoms with Crippen LogP contribution in [0.2, 0.25) is 0 Å². The molecule has 1 aliphatic carbocycles. The van der Waals surface area contributed by atoms with Gasteiger partial charge >= 0.3 is 0 Å². The molecule has 0 heterocycles. The van der Waals surface area contributed by atoms with E-state index in [1.165, 1.54) is 0 Å². The first kappa shape index (κ1) is 16.8. The van der Waals surface area contributed by atoms with Crippen LogP contribution in [0, 0.1) is 0 Å². The van der Waals surface area contributed by atoms with Crippen molar-refractivity contribution in [3.8, 4) is 11.5 Å². The fraction of sp³-hybridized carbons (Fsp3) is 0.333. The van der Waals surface area contributed by atoms with Crippen molar-refractivity contribution >= 4 is 18.1 Å². The number of nitrogens with zero attached hydrogens (tertiary/aromatic N) is 2. The molecule has 1 fully saturated rings. The van der Waals surface area contributed by atoms with Gasteiger partial charge in [-0.05, 0) is 42.7 Å². The topological polar surface area (TPSA) is 51.1 Å². The molecule has 0 saturated heterocycles. The van der Waals surface area contributed by atoms with E-state index in [9.17, 15) is 4.79 Å². The molecule has 0 aliphatic heterocycles. The summed E-state index contributed by atoms with van der Waals surface area (Å²) in [4.78, 5) is 12.4. The van der Waals surface area contributed by atoms with E-state index in [1.807, 2.05) is 38.4 Å². The average Bonchev–Trinajstić information content (AvgIpc) is 2.87. The Bertz CT molecular complexity index is 673. The number of hydrazone groups is 1. The maximum absolute atomic E-state index is 12.4. The number of methoxy groups -OCH3 is 2. The van der Waals surface area contributed by atoms with Gasteiger partial charge in [0.1, 0.15) is 0 Å². The Labute approximate surface area is 136 Å². The number of Topliss-reactive ketones (excluding diaryl/α,β-unsaturated/α-hetero) is 1. The molecule has 5 heteroatoms. The average molecular weight is 314 g/mol. The van der Waals surface area contributed by atoms with E-state index in [0.717, 1.165) is 29.6 Å². The summed E-state index contributed by atoms with van der Waals surface area (Å²) in [6.07, 6.45) is 6.85. The zero-order chi connectivity index (χ0) is 16.8. The maximum atomic E-state index is 12.4. The fourth-order valence-electron chi connectivity index (χ4n) is 2.40. The van der Waals surface area contributed by atoms with Gasteiger partial charge in [0.15, 0.2) is 17.3 Å². The minimum absolute atomic E-state index is 0.0880. The number of benzene rings is 1. The quantitative estimate of drug-likeness (QED) is 0.476. The maximum Gasteiger partial charge on any atom is 0.185 e. The van der Waals surface area contributed by atoms with Gasteiger partial charge in [-0.2, -0.15) is 5.10 Å². The first-order valence-corrected chi connectivity index (χ1v) is 7.43. The highest BCUT2D eigenvalue weighted by Gasteiger charge is 2.22. The van der Waals surface area contributed by atoms with Crippen LogP contribution < -0.4 is 9.47 Å². The van der Waals surface area contributed by atoms with Crippen molar-refractivity contribution in [3.63, 3.8) is 0 Å². The molecule has 1 saturated carbocycles. The van der Waals surface area contributed by atoms with Gasteiger partial charge in [0, 0.05) is 31.5 Å². The number of hydrogen-bond acceptors (Lipinski definition) is 5. The molecule has 0 aromatic heterocycles. The molecule has 0 unspecified atom stereocenters. The Balaban J connectivity index is 2.20. The lowest BCUT2D eigenvalue weighted by Crippen LogP contribution is -2.01. The van der Waals surface area contributed by atoms with Gasteiger partial charge in [-0.15, -0.1) is 0 Å². The number of hydrogen-bond donors (Lipinski definition) is 0. The summed E-state index contributed by atoms with van der Waals surface area (Å²) in [6, 6.07) is 5.62.